The average Bonchev–Trinajstić information content (AvgIpc) is 3.12. The number of carbonyl (C=O) groups excluding carboxylic acids is 1. The molecule has 1 atom stereocenters. The average molecular weight is 437 g/mol. The molecule has 162 valence electrons. The molecule has 0 spiro atoms. The van der Waals surface area contributed by atoms with E-state index in [1.54, 1.807) is 12.1 Å². The third-order valence-corrected chi connectivity index (χ3v) is 6.40. The van der Waals surface area contributed by atoms with E-state index < -0.39 is 28.2 Å². The molecule has 1 unspecified atom stereocenters. The van der Waals surface area contributed by atoms with Gasteiger partial charge in [-0.1, -0.05) is 0 Å². The number of nitrogens with zero attached hydrogens (tertiary/aromatic N) is 3. The molecule has 2 N–H and O–H groups in total. The first-order chi connectivity index (χ1) is 14.1. The zero-order valence-electron chi connectivity index (χ0n) is 16.9. The van der Waals surface area contributed by atoms with Gasteiger partial charge in [0.1, 0.15) is 17.7 Å². The lowest BCUT2D eigenvalue weighted by atomic mass is 10.2. The highest BCUT2D eigenvalue weighted by atomic mass is 32.2. The number of nitrogens with one attached hydrogen (secondary N) is 2. The van der Waals surface area contributed by atoms with Crippen LogP contribution >= 0.6 is 0 Å². The van der Waals surface area contributed by atoms with Gasteiger partial charge in [0.15, 0.2) is 0 Å². The normalized spacial score (nSPS) is 17.2. The number of benzene rings is 1. The van der Waals surface area contributed by atoms with Crippen molar-refractivity contribution in [3.05, 3.63) is 48.0 Å². The van der Waals surface area contributed by atoms with E-state index in [9.17, 15) is 17.6 Å². The SMILES string of the molecule is Cc1ccc(NC(=O)Nc2cc(F)cc(OC3CCN(S(=O)(=O)N(C)C)C3)c2)cn1. The number of amides is 2. The number of aryl methyl sites for hydroxylation is 1. The fourth-order valence-corrected chi connectivity index (χ4v) is 4.12. The van der Waals surface area contributed by atoms with Crippen LogP contribution in [0.5, 0.6) is 5.75 Å². The first kappa shape index (κ1) is 21.9. The van der Waals surface area contributed by atoms with E-state index in [2.05, 4.69) is 15.6 Å². The van der Waals surface area contributed by atoms with Crippen molar-refractivity contribution < 1.29 is 22.3 Å². The fourth-order valence-electron chi connectivity index (χ4n) is 2.96. The Labute approximate surface area is 175 Å². The van der Waals surface area contributed by atoms with Crippen LogP contribution in [0.15, 0.2) is 36.5 Å². The minimum Gasteiger partial charge on any atom is -0.489 e. The number of halogens is 1. The van der Waals surface area contributed by atoms with E-state index >= 15 is 0 Å². The third-order valence-electron chi connectivity index (χ3n) is 4.50. The largest absolute Gasteiger partial charge is 0.489 e. The molecular formula is C19H24FN5O4S. The van der Waals surface area contributed by atoms with E-state index in [1.165, 1.54) is 36.7 Å². The molecule has 0 saturated carbocycles. The van der Waals surface area contributed by atoms with Gasteiger partial charge in [-0.2, -0.15) is 17.0 Å². The summed E-state index contributed by atoms with van der Waals surface area (Å²) >= 11 is 0. The van der Waals surface area contributed by atoms with E-state index in [4.69, 9.17) is 4.74 Å². The maximum atomic E-state index is 14.0. The zero-order valence-corrected chi connectivity index (χ0v) is 17.7. The van der Waals surface area contributed by atoms with Gasteiger partial charge >= 0.3 is 6.03 Å². The molecule has 1 aromatic heterocycles. The van der Waals surface area contributed by atoms with Gasteiger partial charge in [0.2, 0.25) is 0 Å². The maximum absolute atomic E-state index is 14.0. The number of rotatable bonds is 6. The molecular weight excluding hydrogens is 413 g/mol. The Hall–Kier alpha value is -2.76. The van der Waals surface area contributed by atoms with Crippen LogP contribution in [0.2, 0.25) is 0 Å². The number of anilines is 2. The summed E-state index contributed by atoms with van der Waals surface area (Å²) in [5.41, 5.74) is 1.52. The van der Waals surface area contributed by atoms with Gasteiger partial charge in [0, 0.05) is 44.2 Å². The van der Waals surface area contributed by atoms with Crippen molar-refractivity contribution in [1.29, 1.82) is 0 Å². The standard InChI is InChI=1S/C19H24FN5O4S/c1-13-4-5-15(11-21-13)22-19(26)23-16-8-14(20)9-18(10-16)29-17-6-7-25(12-17)30(27,28)24(2)3/h4-5,8-11,17H,6-7,12H2,1-3H3,(H2,22,23,26). The highest BCUT2D eigenvalue weighted by Gasteiger charge is 2.33. The lowest BCUT2D eigenvalue weighted by molar-refractivity contribution is 0.214. The van der Waals surface area contributed by atoms with Crippen LogP contribution in [0.4, 0.5) is 20.6 Å². The molecule has 3 rings (SSSR count). The van der Waals surface area contributed by atoms with Crippen molar-refractivity contribution in [1.82, 2.24) is 13.6 Å². The van der Waals surface area contributed by atoms with Crippen LogP contribution in [0.1, 0.15) is 12.1 Å². The van der Waals surface area contributed by atoms with Gasteiger partial charge in [0.25, 0.3) is 10.2 Å². The second-order valence-corrected chi connectivity index (χ2v) is 9.26. The number of ether oxygens (including phenoxy) is 1. The molecule has 1 fully saturated rings. The molecule has 9 nitrogen and oxygen atoms in total. The third kappa shape index (κ3) is 5.43. The summed E-state index contributed by atoms with van der Waals surface area (Å²) < 4.78 is 46.7. The maximum Gasteiger partial charge on any atom is 0.323 e. The van der Waals surface area contributed by atoms with Crippen molar-refractivity contribution in [3.8, 4) is 5.75 Å². The Balaban J connectivity index is 1.63. The summed E-state index contributed by atoms with van der Waals surface area (Å²) in [6.45, 7) is 2.32. The van der Waals surface area contributed by atoms with Crippen molar-refractivity contribution in [2.24, 2.45) is 0 Å². The summed E-state index contributed by atoms with van der Waals surface area (Å²) in [6.07, 6.45) is 1.58. The van der Waals surface area contributed by atoms with Crippen LogP contribution in [0, 0.1) is 12.7 Å². The quantitative estimate of drug-likeness (QED) is 0.722. The fraction of sp³-hybridized carbons (Fsp3) is 0.368. The summed E-state index contributed by atoms with van der Waals surface area (Å²) in [4.78, 5) is 16.2. The molecule has 11 heteroatoms. The Morgan fingerprint density at radius 1 is 1.23 bits per heavy atom. The minimum atomic E-state index is -3.52. The first-order valence-electron chi connectivity index (χ1n) is 9.29. The summed E-state index contributed by atoms with van der Waals surface area (Å²) in [7, 11) is -0.596. The number of carbonyl (C=O) groups is 1. The molecule has 1 saturated heterocycles. The van der Waals surface area contributed by atoms with E-state index in [-0.39, 0.29) is 18.0 Å². The van der Waals surface area contributed by atoms with Crippen LogP contribution in [0.3, 0.4) is 0 Å². The molecule has 1 aliphatic heterocycles. The molecule has 1 aliphatic rings. The molecule has 0 aliphatic carbocycles. The molecule has 2 heterocycles. The van der Waals surface area contributed by atoms with Crippen LogP contribution in [-0.4, -0.2) is 61.3 Å². The number of hydrogen-bond acceptors (Lipinski definition) is 5. The Bertz CT molecular complexity index is 1010. The highest BCUT2D eigenvalue weighted by Crippen LogP contribution is 2.25. The van der Waals surface area contributed by atoms with Crippen LogP contribution < -0.4 is 15.4 Å². The monoisotopic (exact) mass is 437 g/mol. The smallest absolute Gasteiger partial charge is 0.323 e. The number of urea groups is 1. The van der Waals surface area contributed by atoms with Crippen molar-refractivity contribution >= 4 is 27.6 Å². The minimum absolute atomic E-state index is 0.167. The molecule has 2 amide bonds. The van der Waals surface area contributed by atoms with E-state index in [0.29, 0.717) is 18.7 Å². The van der Waals surface area contributed by atoms with Crippen molar-refractivity contribution in [2.75, 3.05) is 37.8 Å². The zero-order chi connectivity index (χ0) is 21.9. The lowest BCUT2D eigenvalue weighted by Crippen LogP contribution is -2.39. The number of pyridine rings is 1. The Morgan fingerprint density at radius 2 is 1.97 bits per heavy atom. The van der Waals surface area contributed by atoms with Crippen molar-refractivity contribution in [3.63, 3.8) is 0 Å². The first-order valence-corrected chi connectivity index (χ1v) is 10.7. The van der Waals surface area contributed by atoms with Gasteiger partial charge in [-0.3, -0.25) is 4.98 Å². The van der Waals surface area contributed by atoms with Crippen LogP contribution in [-0.2, 0) is 10.2 Å². The number of hydrogen-bond donors (Lipinski definition) is 2. The van der Waals surface area contributed by atoms with Gasteiger partial charge in [-0.15, -0.1) is 0 Å². The van der Waals surface area contributed by atoms with Gasteiger partial charge < -0.3 is 15.4 Å². The molecule has 2 aromatic rings. The van der Waals surface area contributed by atoms with Gasteiger partial charge in [-0.25, -0.2) is 9.18 Å². The Morgan fingerprint density at radius 3 is 2.63 bits per heavy atom. The Kier molecular flexibility index (Phi) is 6.54. The summed E-state index contributed by atoms with van der Waals surface area (Å²) in [5, 5.41) is 5.16. The topological polar surface area (TPSA) is 104 Å². The predicted octanol–water partition coefficient (Wildman–Crippen LogP) is 2.43. The second kappa shape index (κ2) is 8.94. The van der Waals surface area contributed by atoms with Crippen LogP contribution in [0.25, 0.3) is 0 Å². The van der Waals surface area contributed by atoms with Gasteiger partial charge in [0.05, 0.1) is 18.4 Å². The predicted molar refractivity (Wildman–Crippen MR) is 111 cm³/mol. The highest BCUT2D eigenvalue weighted by molar-refractivity contribution is 7.86. The van der Waals surface area contributed by atoms with E-state index in [1.807, 2.05) is 6.92 Å². The molecule has 0 bridgehead atoms. The second-order valence-electron chi connectivity index (χ2n) is 7.12. The molecule has 30 heavy (non-hydrogen) atoms. The molecule has 1 aromatic carbocycles. The van der Waals surface area contributed by atoms with E-state index in [0.717, 1.165) is 16.1 Å². The summed E-state index contributed by atoms with van der Waals surface area (Å²) in [6, 6.07) is 6.74. The van der Waals surface area contributed by atoms with Crippen molar-refractivity contribution in [2.45, 2.75) is 19.4 Å². The number of aromatic nitrogens is 1. The lowest BCUT2D eigenvalue weighted by Gasteiger charge is -2.21. The summed E-state index contributed by atoms with van der Waals surface area (Å²) in [5.74, 6) is -0.382. The molecule has 0 radical (unpaired) electrons. The van der Waals surface area contributed by atoms with Gasteiger partial charge in [-0.05, 0) is 31.5 Å².